The molecule has 0 heterocycles. The topological polar surface area (TPSA) is 29.5 Å². The van der Waals surface area contributed by atoms with Gasteiger partial charge in [0.05, 0.1) is 7.11 Å². The fraction of sp³-hybridized carbons (Fsp3) is 0.944. The molecule has 0 aromatic heterocycles. The Balaban J connectivity index is 1.41. The summed E-state index contributed by atoms with van der Waals surface area (Å²) in [5.74, 6) is 3.09. The highest BCUT2D eigenvalue weighted by atomic mass is 16.5. The Kier molecular flexibility index (Phi) is 4.58. The summed E-state index contributed by atoms with van der Waals surface area (Å²) in [6.07, 6.45) is 12.0. The second-order valence-electron chi connectivity index (χ2n) is 8.15. The molecule has 0 amide bonds. The lowest BCUT2D eigenvalue weighted by Gasteiger charge is -2.57. The Morgan fingerprint density at radius 3 is 2.19 bits per heavy atom. The quantitative estimate of drug-likeness (QED) is 0.673. The number of hydrogen-bond acceptors (Lipinski definition) is 3. The molecule has 0 aromatic rings. The van der Waals surface area contributed by atoms with Crippen LogP contribution in [0, 0.1) is 23.2 Å². The van der Waals surface area contributed by atoms with Gasteiger partial charge >= 0.3 is 5.97 Å². The number of nitrogens with zero attached hydrogens (tertiary/aromatic N) is 1. The smallest absolute Gasteiger partial charge is 0.305 e. The van der Waals surface area contributed by atoms with Gasteiger partial charge in [-0.25, -0.2) is 0 Å². The fourth-order valence-corrected chi connectivity index (χ4v) is 5.73. The van der Waals surface area contributed by atoms with E-state index in [1.54, 1.807) is 0 Å². The molecule has 4 bridgehead atoms. The standard InChI is InChI=1S/C18H31NO2/c1-19(6-3-4-17(20)21-2)7-5-18-11-14-8-15(12-18)10-16(9-14)13-18/h14-16H,3-13H2,1-2H3. The van der Waals surface area contributed by atoms with Crippen molar-refractivity contribution in [3.63, 3.8) is 0 Å². The van der Waals surface area contributed by atoms with Gasteiger partial charge in [-0.05, 0) is 94.7 Å². The highest BCUT2D eigenvalue weighted by molar-refractivity contribution is 5.69. The van der Waals surface area contributed by atoms with Crippen LogP contribution in [0.5, 0.6) is 0 Å². The fourth-order valence-electron chi connectivity index (χ4n) is 5.73. The number of rotatable bonds is 7. The maximum absolute atomic E-state index is 11.1. The van der Waals surface area contributed by atoms with E-state index in [4.69, 9.17) is 4.74 Å². The Bertz CT molecular complexity index is 344. The predicted molar refractivity (Wildman–Crippen MR) is 84.0 cm³/mol. The van der Waals surface area contributed by atoms with Gasteiger partial charge < -0.3 is 9.64 Å². The van der Waals surface area contributed by atoms with E-state index >= 15 is 0 Å². The average Bonchev–Trinajstić information content (AvgIpc) is 2.43. The molecular formula is C18H31NO2. The van der Waals surface area contributed by atoms with E-state index in [-0.39, 0.29) is 5.97 Å². The normalized spacial score (nSPS) is 37.2. The summed E-state index contributed by atoms with van der Waals surface area (Å²) in [5, 5.41) is 0. The molecule has 0 aromatic carbocycles. The van der Waals surface area contributed by atoms with Gasteiger partial charge in [0.25, 0.3) is 0 Å². The molecule has 4 aliphatic carbocycles. The molecule has 0 N–H and O–H groups in total. The summed E-state index contributed by atoms with van der Waals surface area (Å²) in [6.45, 7) is 2.22. The summed E-state index contributed by atoms with van der Waals surface area (Å²) >= 11 is 0. The minimum Gasteiger partial charge on any atom is -0.469 e. The molecule has 0 unspecified atom stereocenters. The summed E-state index contributed by atoms with van der Waals surface area (Å²) in [4.78, 5) is 13.6. The van der Waals surface area contributed by atoms with Gasteiger partial charge in [-0.2, -0.15) is 0 Å². The Hall–Kier alpha value is -0.570. The first-order valence-electron chi connectivity index (χ1n) is 8.84. The Labute approximate surface area is 129 Å². The molecule has 3 nitrogen and oxygen atoms in total. The van der Waals surface area contributed by atoms with Gasteiger partial charge in [-0.15, -0.1) is 0 Å². The summed E-state index contributed by atoms with van der Waals surface area (Å²) < 4.78 is 4.70. The number of esters is 1. The van der Waals surface area contributed by atoms with E-state index in [0.717, 1.165) is 30.7 Å². The van der Waals surface area contributed by atoms with Gasteiger partial charge in [0.2, 0.25) is 0 Å². The van der Waals surface area contributed by atoms with Crippen molar-refractivity contribution in [1.82, 2.24) is 4.90 Å². The van der Waals surface area contributed by atoms with E-state index in [2.05, 4.69) is 11.9 Å². The van der Waals surface area contributed by atoms with Crippen LogP contribution in [-0.2, 0) is 9.53 Å². The van der Waals surface area contributed by atoms with Crippen molar-refractivity contribution in [3.05, 3.63) is 0 Å². The summed E-state index contributed by atoms with van der Waals surface area (Å²) in [7, 11) is 3.68. The Morgan fingerprint density at radius 2 is 1.67 bits per heavy atom. The van der Waals surface area contributed by atoms with Crippen molar-refractivity contribution in [2.45, 2.75) is 57.8 Å². The molecule has 4 rings (SSSR count). The van der Waals surface area contributed by atoms with Crippen molar-refractivity contribution in [1.29, 1.82) is 0 Å². The molecule has 0 saturated heterocycles. The molecular weight excluding hydrogens is 262 g/mol. The number of methoxy groups -OCH3 is 1. The lowest BCUT2D eigenvalue weighted by molar-refractivity contribution is -0.140. The molecule has 4 saturated carbocycles. The third kappa shape index (κ3) is 3.61. The zero-order valence-corrected chi connectivity index (χ0v) is 13.8. The molecule has 0 radical (unpaired) electrons. The molecule has 0 spiro atoms. The maximum atomic E-state index is 11.1. The molecule has 0 aliphatic heterocycles. The highest BCUT2D eigenvalue weighted by Gasteiger charge is 2.50. The van der Waals surface area contributed by atoms with Crippen LogP contribution in [0.15, 0.2) is 0 Å². The predicted octanol–water partition coefficient (Wildman–Crippen LogP) is 3.48. The van der Waals surface area contributed by atoms with Gasteiger partial charge in [-0.3, -0.25) is 4.79 Å². The summed E-state index contributed by atoms with van der Waals surface area (Å²) in [6, 6.07) is 0. The van der Waals surface area contributed by atoms with E-state index in [1.807, 2.05) is 0 Å². The highest BCUT2D eigenvalue weighted by Crippen LogP contribution is 2.61. The maximum Gasteiger partial charge on any atom is 0.305 e. The van der Waals surface area contributed by atoms with E-state index in [9.17, 15) is 4.79 Å². The monoisotopic (exact) mass is 293 g/mol. The third-order valence-electron chi connectivity index (χ3n) is 6.34. The second-order valence-corrected chi connectivity index (χ2v) is 8.15. The van der Waals surface area contributed by atoms with Crippen molar-refractivity contribution in [3.8, 4) is 0 Å². The minimum absolute atomic E-state index is 0.0792. The van der Waals surface area contributed by atoms with Crippen LogP contribution in [-0.4, -0.2) is 38.1 Å². The van der Waals surface area contributed by atoms with E-state index < -0.39 is 0 Å². The number of hydrogen-bond donors (Lipinski definition) is 0. The first-order valence-corrected chi connectivity index (χ1v) is 8.84. The summed E-state index contributed by atoms with van der Waals surface area (Å²) in [5.41, 5.74) is 0.686. The van der Waals surface area contributed by atoms with Crippen LogP contribution in [0.25, 0.3) is 0 Å². The van der Waals surface area contributed by atoms with Crippen LogP contribution < -0.4 is 0 Å². The SMILES string of the molecule is COC(=O)CCCN(C)CCC12CC3CC(CC(C3)C1)C2. The van der Waals surface area contributed by atoms with Crippen LogP contribution in [0.2, 0.25) is 0 Å². The van der Waals surface area contributed by atoms with Crippen LogP contribution in [0.4, 0.5) is 0 Å². The minimum atomic E-state index is -0.0792. The van der Waals surface area contributed by atoms with Gasteiger partial charge in [0.1, 0.15) is 0 Å². The zero-order valence-electron chi connectivity index (χ0n) is 13.8. The molecule has 0 atom stereocenters. The average molecular weight is 293 g/mol. The molecule has 4 fully saturated rings. The molecule has 21 heavy (non-hydrogen) atoms. The number of carbonyl (C=O) groups excluding carboxylic acids is 1. The lowest BCUT2D eigenvalue weighted by Crippen LogP contribution is -2.47. The van der Waals surface area contributed by atoms with Gasteiger partial charge in [0, 0.05) is 6.42 Å². The number of carbonyl (C=O) groups is 1. The van der Waals surface area contributed by atoms with E-state index in [1.165, 1.54) is 58.6 Å². The van der Waals surface area contributed by atoms with E-state index in [0.29, 0.717) is 11.8 Å². The van der Waals surface area contributed by atoms with Crippen LogP contribution >= 0.6 is 0 Å². The number of ether oxygens (including phenoxy) is 1. The van der Waals surface area contributed by atoms with Crippen molar-refractivity contribution in [2.24, 2.45) is 23.2 Å². The largest absolute Gasteiger partial charge is 0.469 e. The molecule has 4 aliphatic rings. The van der Waals surface area contributed by atoms with Gasteiger partial charge in [0.15, 0.2) is 0 Å². The Morgan fingerprint density at radius 1 is 1.10 bits per heavy atom. The third-order valence-corrected chi connectivity index (χ3v) is 6.34. The van der Waals surface area contributed by atoms with Crippen molar-refractivity contribution >= 4 is 5.97 Å². The van der Waals surface area contributed by atoms with Gasteiger partial charge in [-0.1, -0.05) is 0 Å². The van der Waals surface area contributed by atoms with Crippen LogP contribution in [0.3, 0.4) is 0 Å². The van der Waals surface area contributed by atoms with Crippen molar-refractivity contribution in [2.75, 3.05) is 27.2 Å². The first kappa shape index (κ1) is 15.3. The first-order chi connectivity index (χ1) is 10.1. The molecule has 3 heteroatoms. The second kappa shape index (κ2) is 6.28. The lowest BCUT2D eigenvalue weighted by atomic mass is 9.49. The zero-order chi connectivity index (χ0) is 14.9. The van der Waals surface area contributed by atoms with Crippen LogP contribution in [0.1, 0.15) is 57.8 Å². The van der Waals surface area contributed by atoms with Crippen molar-refractivity contribution < 1.29 is 9.53 Å². The molecule has 120 valence electrons.